The summed E-state index contributed by atoms with van der Waals surface area (Å²) in [5, 5.41) is 16.7. The molecule has 0 aliphatic heterocycles. The molecule has 0 saturated heterocycles. The molecule has 0 bridgehead atoms. The standard InChI is InChI=1S/C29H23FN4O2/c30-23-13-9-19(10-14-23)24-15-18-31-34-26(21-5-2-1-3-6-21)25(32-27(24)34)20-7-11-22(12-8-20)29(16-4-17-29)33-28(35)36/h1-3,5-15,18,33H,4,16-17H2,(H,35,36). The number of imidazole rings is 1. The largest absolute Gasteiger partial charge is 0.465 e. The van der Waals surface area contributed by atoms with Gasteiger partial charge in [-0.15, -0.1) is 0 Å². The minimum absolute atomic E-state index is 0.292. The lowest BCUT2D eigenvalue weighted by Gasteiger charge is -2.42. The molecule has 2 N–H and O–H groups in total. The number of carbonyl (C=O) groups is 1. The molecule has 7 heteroatoms. The topological polar surface area (TPSA) is 79.5 Å². The highest BCUT2D eigenvalue weighted by Crippen LogP contribution is 2.42. The van der Waals surface area contributed by atoms with Crippen LogP contribution >= 0.6 is 0 Å². The van der Waals surface area contributed by atoms with Crippen LogP contribution in [0.25, 0.3) is 39.3 Å². The first-order valence-electron chi connectivity index (χ1n) is 11.9. The molecule has 0 unspecified atom stereocenters. The maximum Gasteiger partial charge on any atom is 0.405 e. The number of nitrogens with zero attached hydrogens (tertiary/aromatic N) is 3. The molecule has 2 aromatic heterocycles. The molecule has 2 heterocycles. The van der Waals surface area contributed by atoms with Gasteiger partial charge in [-0.25, -0.2) is 18.7 Å². The van der Waals surface area contributed by atoms with Gasteiger partial charge in [-0.05, 0) is 48.6 Å². The van der Waals surface area contributed by atoms with Crippen molar-refractivity contribution in [2.45, 2.75) is 24.8 Å². The smallest absolute Gasteiger partial charge is 0.405 e. The van der Waals surface area contributed by atoms with Crippen LogP contribution in [0.4, 0.5) is 9.18 Å². The lowest BCUT2D eigenvalue weighted by Crippen LogP contribution is -2.50. The second kappa shape index (κ2) is 8.61. The summed E-state index contributed by atoms with van der Waals surface area (Å²) in [6.07, 6.45) is 3.28. The second-order valence-electron chi connectivity index (χ2n) is 9.11. The van der Waals surface area contributed by atoms with E-state index < -0.39 is 11.6 Å². The molecule has 178 valence electrons. The normalized spacial score (nSPS) is 14.4. The monoisotopic (exact) mass is 478 g/mol. The fourth-order valence-electron chi connectivity index (χ4n) is 5.03. The fraction of sp³-hybridized carbons (Fsp3) is 0.138. The predicted octanol–water partition coefficient (Wildman–Crippen LogP) is 6.52. The summed E-state index contributed by atoms with van der Waals surface area (Å²) in [4.78, 5) is 16.4. The van der Waals surface area contributed by atoms with Gasteiger partial charge in [0.05, 0.1) is 11.2 Å². The third-order valence-corrected chi connectivity index (χ3v) is 6.99. The van der Waals surface area contributed by atoms with E-state index in [-0.39, 0.29) is 5.82 Å². The molecule has 3 aromatic carbocycles. The number of fused-ring (bicyclic) bond motifs is 1. The maximum atomic E-state index is 13.6. The van der Waals surface area contributed by atoms with Gasteiger partial charge >= 0.3 is 6.09 Å². The Bertz CT molecular complexity index is 1560. The Hall–Kier alpha value is -4.52. The molecule has 36 heavy (non-hydrogen) atoms. The maximum absolute atomic E-state index is 13.6. The Balaban J connectivity index is 1.51. The summed E-state index contributed by atoms with van der Waals surface area (Å²) in [5.41, 5.74) is 6.29. The molecule has 1 saturated carbocycles. The zero-order valence-electron chi connectivity index (χ0n) is 19.4. The van der Waals surface area contributed by atoms with Crippen LogP contribution in [-0.4, -0.2) is 25.8 Å². The Labute approximate surface area is 207 Å². The summed E-state index contributed by atoms with van der Waals surface area (Å²) in [6.45, 7) is 0. The van der Waals surface area contributed by atoms with Gasteiger partial charge in [-0.1, -0.05) is 66.7 Å². The van der Waals surface area contributed by atoms with Gasteiger partial charge in [0.2, 0.25) is 0 Å². The first kappa shape index (κ1) is 22.0. The summed E-state index contributed by atoms with van der Waals surface area (Å²) < 4.78 is 15.4. The van der Waals surface area contributed by atoms with Gasteiger partial charge in [-0.2, -0.15) is 5.10 Å². The van der Waals surface area contributed by atoms with Crippen molar-refractivity contribution in [2.24, 2.45) is 0 Å². The molecule has 1 fully saturated rings. The van der Waals surface area contributed by atoms with E-state index in [1.165, 1.54) is 12.1 Å². The van der Waals surface area contributed by atoms with E-state index in [4.69, 9.17) is 4.98 Å². The van der Waals surface area contributed by atoms with Gasteiger partial charge in [0, 0.05) is 22.9 Å². The Morgan fingerprint density at radius 2 is 1.58 bits per heavy atom. The lowest BCUT2D eigenvalue weighted by molar-refractivity contribution is 0.144. The quantitative estimate of drug-likeness (QED) is 0.302. The van der Waals surface area contributed by atoms with Crippen LogP contribution in [0.2, 0.25) is 0 Å². The molecule has 0 atom stereocenters. The van der Waals surface area contributed by atoms with E-state index in [0.717, 1.165) is 58.5 Å². The number of rotatable bonds is 5. The summed E-state index contributed by atoms with van der Waals surface area (Å²) in [6, 6.07) is 26.1. The number of aromatic nitrogens is 3. The second-order valence-corrected chi connectivity index (χ2v) is 9.11. The molecule has 6 rings (SSSR count). The minimum atomic E-state index is -1.01. The van der Waals surface area contributed by atoms with Crippen molar-refractivity contribution in [3.8, 4) is 33.6 Å². The number of carboxylic acid groups (broad SMARTS) is 1. The molecular formula is C29H23FN4O2. The summed E-state index contributed by atoms with van der Waals surface area (Å²) >= 11 is 0. The van der Waals surface area contributed by atoms with Gasteiger partial charge < -0.3 is 10.4 Å². The Morgan fingerprint density at radius 1 is 0.889 bits per heavy atom. The van der Waals surface area contributed by atoms with E-state index in [9.17, 15) is 14.3 Å². The van der Waals surface area contributed by atoms with Crippen LogP contribution in [0, 0.1) is 5.82 Å². The van der Waals surface area contributed by atoms with E-state index in [0.29, 0.717) is 5.65 Å². The molecule has 0 spiro atoms. The molecule has 0 radical (unpaired) electrons. The SMILES string of the molecule is O=C(O)NC1(c2ccc(-c3nc4c(-c5ccc(F)cc5)ccnn4c3-c3ccccc3)cc2)CCC1. The number of nitrogens with one attached hydrogen (secondary N) is 1. The zero-order chi connectivity index (χ0) is 24.7. The number of halogens is 1. The van der Waals surface area contributed by atoms with Crippen molar-refractivity contribution in [1.29, 1.82) is 0 Å². The van der Waals surface area contributed by atoms with Gasteiger partial charge in [0.25, 0.3) is 0 Å². The third kappa shape index (κ3) is 3.69. The number of benzene rings is 3. The van der Waals surface area contributed by atoms with Crippen LogP contribution in [0.1, 0.15) is 24.8 Å². The highest BCUT2D eigenvalue weighted by Gasteiger charge is 2.40. The van der Waals surface area contributed by atoms with Crippen molar-refractivity contribution in [2.75, 3.05) is 0 Å². The van der Waals surface area contributed by atoms with Crippen LogP contribution in [0.15, 0.2) is 91.1 Å². The number of amides is 1. The van der Waals surface area contributed by atoms with Crippen LogP contribution in [-0.2, 0) is 5.54 Å². The molecule has 1 amide bonds. The molecule has 5 aromatic rings. The van der Waals surface area contributed by atoms with E-state index >= 15 is 0 Å². The zero-order valence-corrected chi connectivity index (χ0v) is 19.4. The van der Waals surface area contributed by atoms with Crippen molar-refractivity contribution in [3.05, 3.63) is 103 Å². The third-order valence-electron chi connectivity index (χ3n) is 6.99. The Kier molecular flexibility index (Phi) is 5.25. The average molecular weight is 479 g/mol. The predicted molar refractivity (Wildman–Crippen MR) is 136 cm³/mol. The number of hydrogen-bond donors (Lipinski definition) is 2. The minimum Gasteiger partial charge on any atom is -0.465 e. The average Bonchev–Trinajstić information content (AvgIpc) is 3.27. The van der Waals surface area contributed by atoms with Gasteiger partial charge in [0.1, 0.15) is 11.5 Å². The van der Waals surface area contributed by atoms with Crippen molar-refractivity contribution in [1.82, 2.24) is 19.9 Å². The summed E-state index contributed by atoms with van der Waals surface area (Å²) in [5.74, 6) is -0.292. The number of hydrogen-bond acceptors (Lipinski definition) is 3. The molecular weight excluding hydrogens is 455 g/mol. The van der Waals surface area contributed by atoms with Crippen LogP contribution in [0.5, 0.6) is 0 Å². The van der Waals surface area contributed by atoms with Gasteiger partial charge in [-0.3, -0.25) is 0 Å². The van der Waals surface area contributed by atoms with Crippen molar-refractivity contribution >= 4 is 11.7 Å². The fourth-order valence-corrected chi connectivity index (χ4v) is 5.03. The highest BCUT2D eigenvalue weighted by atomic mass is 19.1. The molecule has 1 aliphatic carbocycles. The van der Waals surface area contributed by atoms with Gasteiger partial charge in [0.15, 0.2) is 5.65 Å². The van der Waals surface area contributed by atoms with E-state index in [2.05, 4.69) is 10.4 Å². The first-order chi connectivity index (χ1) is 17.5. The molecule has 6 nitrogen and oxygen atoms in total. The van der Waals surface area contributed by atoms with E-state index in [1.807, 2.05) is 65.2 Å². The highest BCUT2D eigenvalue weighted by molar-refractivity contribution is 5.87. The Morgan fingerprint density at radius 3 is 2.22 bits per heavy atom. The van der Waals surface area contributed by atoms with Crippen molar-refractivity contribution in [3.63, 3.8) is 0 Å². The van der Waals surface area contributed by atoms with Crippen molar-refractivity contribution < 1.29 is 14.3 Å². The summed E-state index contributed by atoms with van der Waals surface area (Å²) in [7, 11) is 0. The van der Waals surface area contributed by atoms with Crippen LogP contribution in [0.3, 0.4) is 0 Å². The molecule has 1 aliphatic rings. The van der Waals surface area contributed by atoms with E-state index in [1.54, 1.807) is 18.3 Å². The van der Waals surface area contributed by atoms with Crippen LogP contribution < -0.4 is 5.32 Å². The lowest BCUT2D eigenvalue weighted by atomic mass is 9.72. The first-order valence-corrected chi connectivity index (χ1v) is 11.9.